The van der Waals surface area contributed by atoms with Crippen molar-refractivity contribution in [2.24, 2.45) is 5.92 Å². The molecule has 1 aromatic rings. The van der Waals surface area contributed by atoms with E-state index in [-0.39, 0.29) is 11.4 Å². The molecule has 2 atom stereocenters. The van der Waals surface area contributed by atoms with E-state index in [0.717, 1.165) is 25.9 Å². The Kier molecular flexibility index (Phi) is 4.06. The van der Waals surface area contributed by atoms with Crippen molar-refractivity contribution in [3.8, 4) is 0 Å². The normalized spacial score (nSPS) is 24.8. The summed E-state index contributed by atoms with van der Waals surface area (Å²) in [5.41, 5.74) is 1.16. The van der Waals surface area contributed by atoms with Gasteiger partial charge in [-0.05, 0) is 62.6 Å². The monoisotopic (exact) mass is 249 g/mol. The lowest BCUT2D eigenvalue weighted by Gasteiger charge is -2.39. The molecule has 2 rings (SSSR count). The molecule has 0 spiro atoms. The second-order valence-corrected chi connectivity index (χ2v) is 5.81. The zero-order chi connectivity index (χ0) is 13.2. The SMILES string of the molecule is [CH2]C[C@H](c1ccc(F)cc1)[C@@H]1CCOC(C)(C)C1. The molecule has 1 fully saturated rings. The summed E-state index contributed by atoms with van der Waals surface area (Å²) >= 11 is 0. The molecule has 99 valence electrons. The highest BCUT2D eigenvalue weighted by Crippen LogP contribution is 2.39. The van der Waals surface area contributed by atoms with Gasteiger partial charge < -0.3 is 4.74 Å². The van der Waals surface area contributed by atoms with E-state index in [1.807, 2.05) is 12.1 Å². The van der Waals surface area contributed by atoms with Gasteiger partial charge in [-0.2, -0.15) is 0 Å². The fourth-order valence-corrected chi connectivity index (χ4v) is 3.01. The zero-order valence-electron chi connectivity index (χ0n) is 11.3. The summed E-state index contributed by atoms with van der Waals surface area (Å²) < 4.78 is 18.7. The topological polar surface area (TPSA) is 9.23 Å². The van der Waals surface area contributed by atoms with E-state index in [0.29, 0.717) is 11.8 Å². The standard InChI is InChI=1S/C16H22FO/c1-4-15(12-5-7-14(17)8-6-12)13-9-10-18-16(2,3)11-13/h5-8,13,15H,1,4,9-11H2,2-3H3/t13-,15-/m1/s1. The number of ether oxygens (including phenoxy) is 1. The van der Waals surface area contributed by atoms with Gasteiger partial charge in [0.25, 0.3) is 0 Å². The Labute approximate surface area is 109 Å². The molecule has 0 unspecified atom stereocenters. The second kappa shape index (κ2) is 5.40. The highest BCUT2D eigenvalue weighted by atomic mass is 19.1. The van der Waals surface area contributed by atoms with E-state index in [1.54, 1.807) is 12.1 Å². The van der Waals surface area contributed by atoms with Crippen LogP contribution in [0.4, 0.5) is 4.39 Å². The minimum absolute atomic E-state index is 0.0453. The molecule has 0 amide bonds. The quantitative estimate of drug-likeness (QED) is 0.774. The fraction of sp³-hybridized carbons (Fsp3) is 0.562. The van der Waals surface area contributed by atoms with Crippen LogP contribution in [0.25, 0.3) is 0 Å². The minimum atomic E-state index is -0.172. The van der Waals surface area contributed by atoms with Crippen molar-refractivity contribution in [1.29, 1.82) is 0 Å². The first-order valence-corrected chi connectivity index (χ1v) is 6.70. The molecule has 1 nitrogen and oxygen atoms in total. The summed E-state index contributed by atoms with van der Waals surface area (Å²) in [5, 5.41) is 0. The Morgan fingerprint density at radius 3 is 2.61 bits per heavy atom. The Hall–Kier alpha value is -0.890. The van der Waals surface area contributed by atoms with Gasteiger partial charge in [0.1, 0.15) is 5.82 Å². The summed E-state index contributed by atoms with van der Waals surface area (Å²) in [6.07, 6.45) is 2.97. The molecule has 1 heterocycles. The van der Waals surface area contributed by atoms with Gasteiger partial charge in [-0.25, -0.2) is 4.39 Å². The number of benzene rings is 1. The van der Waals surface area contributed by atoms with Gasteiger partial charge in [0, 0.05) is 6.61 Å². The first-order valence-electron chi connectivity index (χ1n) is 6.70. The third kappa shape index (κ3) is 3.11. The van der Waals surface area contributed by atoms with E-state index in [9.17, 15) is 4.39 Å². The largest absolute Gasteiger partial charge is 0.376 e. The molecule has 1 aromatic carbocycles. The van der Waals surface area contributed by atoms with E-state index >= 15 is 0 Å². The Balaban J connectivity index is 2.15. The van der Waals surface area contributed by atoms with Crippen LogP contribution >= 0.6 is 0 Å². The third-order valence-electron chi connectivity index (χ3n) is 3.91. The van der Waals surface area contributed by atoms with Gasteiger partial charge in [-0.15, -0.1) is 0 Å². The molecule has 0 aromatic heterocycles. The molecule has 2 heteroatoms. The van der Waals surface area contributed by atoms with Gasteiger partial charge in [0.05, 0.1) is 5.60 Å². The predicted octanol–water partition coefficient (Wildman–Crippen LogP) is 4.34. The van der Waals surface area contributed by atoms with Crippen LogP contribution in [-0.2, 0) is 4.74 Å². The molecular formula is C16H22FO. The summed E-state index contributed by atoms with van der Waals surface area (Å²) in [6, 6.07) is 6.88. The van der Waals surface area contributed by atoms with Crippen molar-refractivity contribution in [3.05, 3.63) is 42.6 Å². The molecule has 1 saturated heterocycles. The highest BCUT2D eigenvalue weighted by Gasteiger charge is 2.33. The average Bonchev–Trinajstić information content (AvgIpc) is 2.31. The second-order valence-electron chi connectivity index (χ2n) is 5.81. The third-order valence-corrected chi connectivity index (χ3v) is 3.91. The number of halogens is 1. The molecule has 18 heavy (non-hydrogen) atoms. The predicted molar refractivity (Wildman–Crippen MR) is 71.9 cm³/mol. The maximum Gasteiger partial charge on any atom is 0.123 e. The van der Waals surface area contributed by atoms with Crippen LogP contribution in [0.3, 0.4) is 0 Å². The van der Waals surface area contributed by atoms with Crippen LogP contribution in [-0.4, -0.2) is 12.2 Å². The summed E-state index contributed by atoms with van der Waals surface area (Å²) in [6.45, 7) is 9.17. The van der Waals surface area contributed by atoms with Crippen LogP contribution in [0.5, 0.6) is 0 Å². The molecule has 0 aliphatic carbocycles. The molecule has 1 aliphatic rings. The van der Waals surface area contributed by atoms with E-state index in [2.05, 4.69) is 20.8 Å². The van der Waals surface area contributed by atoms with Gasteiger partial charge in [-0.1, -0.05) is 19.1 Å². The van der Waals surface area contributed by atoms with Crippen LogP contribution in [0.1, 0.15) is 44.6 Å². The van der Waals surface area contributed by atoms with Crippen LogP contribution in [0, 0.1) is 18.7 Å². The molecule has 0 bridgehead atoms. The van der Waals surface area contributed by atoms with Crippen molar-refractivity contribution in [2.75, 3.05) is 6.61 Å². The van der Waals surface area contributed by atoms with E-state index < -0.39 is 0 Å². The van der Waals surface area contributed by atoms with Crippen molar-refractivity contribution >= 4 is 0 Å². The van der Waals surface area contributed by atoms with E-state index in [1.165, 1.54) is 5.56 Å². The first kappa shape index (κ1) is 13.5. The summed E-state index contributed by atoms with van der Waals surface area (Å²) in [7, 11) is 0. The average molecular weight is 249 g/mol. The lowest BCUT2D eigenvalue weighted by molar-refractivity contribution is -0.0767. The van der Waals surface area contributed by atoms with Crippen LogP contribution < -0.4 is 0 Å². The lowest BCUT2D eigenvalue weighted by Crippen LogP contribution is -2.36. The van der Waals surface area contributed by atoms with E-state index in [4.69, 9.17) is 4.74 Å². The highest BCUT2D eigenvalue weighted by molar-refractivity contribution is 5.21. The fourth-order valence-electron chi connectivity index (χ4n) is 3.01. The zero-order valence-corrected chi connectivity index (χ0v) is 11.3. The van der Waals surface area contributed by atoms with Crippen molar-refractivity contribution in [2.45, 2.75) is 44.6 Å². The number of rotatable bonds is 3. The van der Waals surface area contributed by atoms with Gasteiger partial charge in [0.15, 0.2) is 0 Å². The molecule has 0 N–H and O–H groups in total. The minimum Gasteiger partial charge on any atom is -0.376 e. The molecule has 0 saturated carbocycles. The Morgan fingerprint density at radius 1 is 1.39 bits per heavy atom. The van der Waals surface area contributed by atoms with Crippen molar-refractivity contribution in [1.82, 2.24) is 0 Å². The first-order chi connectivity index (χ1) is 8.52. The van der Waals surface area contributed by atoms with Gasteiger partial charge >= 0.3 is 0 Å². The van der Waals surface area contributed by atoms with Crippen molar-refractivity contribution in [3.63, 3.8) is 0 Å². The molecule has 1 radical (unpaired) electrons. The maximum absolute atomic E-state index is 13.0. The maximum atomic E-state index is 13.0. The van der Waals surface area contributed by atoms with Crippen LogP contribution in [0.2, 0.25) is 0 Å². The number of hydrogen-bond acceptors (Lipinski definition) is 1. The molecular weight excluding hydrogens is 227 g/mol. The van der Waals surface area contributed by atoms with Crippen molar-refractivity contribution < 1.29 is 9.13 Å². The van der Waals surface area contributed by atoms with Crippen LogP contribution in [0.15, 0.2) is 24.3 Å². The number of hydrogen-bond donors (Lipinski definition) is 0. The Morgan fingerprint density at radius 2 is 2.06 bits per heavy atom. The molecule has 1 aliphatic heterocycles. The van der Waals surface area contributed by atoms with Gasteiger partial charge in [0.2, 0.25) is 0 Å². The smallest absolute Gasteiger partial charge is 0.123 e. The Bertz CT molecular complexity index is 383. The summed E-state index contributed by atoms with van der Waals surface area (Å²) in [4.78, 5) is 0. The van der Waals surface area contributed by atoms with Gasteiger partial charge in [-0.3, -0.25) is 0 Å². The lowest BCUT2D eigenvalue weighted by atomic mass is 9.75. The summed E-state index contributed by atoms with van der Waals surface area (Å²) in [5.74, 6) is 0.819.